The van der Waals surface area contributed by atoms with Crippen LogP contribution in [0.2, 0.25) is 0 Å². The number of piperazine rings is 1. The van der Waals surface area contributed by atoms with Gasteiger partial charge in [0, 0.05) is 32.4 Å². The highest BCUT2D eigenvalue weighted by molar-refractivity contribution is 5.39. The summed E-state index contributed by atoms with van der Waals surface area (Å²) in [4.78, 5) is 6.72. The molecule has 2 heterocycles. The van der Waals surface area contributed by atoms with Crippen LogP contribution in [0.4, 0.5) is 5.82 Å². The summed E-state index contributed by atoms with van der Waals surface area (Å²) in [6.07, 6.45) is 1.93. The van der Waals surface area contributed by atoms with Gasteiger partial charge < -0.3 is 10.2 Å². The van der Waals surface area contributed by atoms with Crippen LogP contribution in [0.1, 0.15) is 19.4 Å². The molecule has 15 heavy (non-hydrogen) atoms. The average Bonchev–Trinajstić information content (AvgIpc) is 2.34. The zero-order chi connectivity index (χ0) is 11.1. The third kappa shape index (κ3) is 3.51. The molecule has 1 N–H and O–H groups in total. The van der Waals surface area contributed by atoms with Gasteiger partial charge in [-0.05, 0) is 18.6 Å². The number of hydrogen-bond acceptors (Lipinski definition) is 3. The van der Waals surface area contributed by atoms with Crippen molar-refractivity contribution >= 4 is 5.82 Å². The molecule has 0 bridgehead atoms. The fourth-order valence-electron chi connectivity index (χ4n) is 1.54. The summed E-state index contributed by atoms with van der Waals surface area (Å²) in [5.41, 5.74) is 1.22. The Morgan fingerprint density at radius 1 is 1.20 bits per heavy atom. The van der Waals surface area contributed by atoms with Crippen molar-refractivity contribution in [3.05, 3.63) is 23.9 Å². The summed E-state index contributed by atoms with van der Waals surface area (Å²) in [5.74, 6) is 1.10. The molecule has 1 saturated heterocycles. The maximum Gasteiger partial charge on any atom is 0.128 e. The van der Waals surface area contributed by atoms with E-state index < -0.39 is 0 Å². The highest BCUT2D eigenvalue weighted by Crippen LogP contribution is 2.10. The summed E-state index contributed by atoms with van der Waals surface area (Å²) in [7, 11) is 0. The van der Waals surface area contributed by atoms with Crippen LogP contribution in [0.15, 0.2) is 18.3 Å². The third-order valence-corrected chi connectivity index (χ3v) is 2.34. The topological polar surface area (TPSA) is 28.2 Å². The van der Waals surface area contributed by atoms with Gasteiger partial charge in [0.05, 0.1) is 0 Å². The van der Waals surface area contributed by atoms with E-state index in [2.05, 4.69) is 34.3 Å². The predicted octanol–water partition coefficient (Wildman–Crippen LogP) is 1.83. The van der Waals surface area contributed by atoms with Gasteiger partial charge in [0.2, 0.25) is 0 Å². The van der Waals surface area contributed by atoms with Crippen molar-refractivity contribution < 1.29 is 0 Å². The van der Waals surface area contributed by atoms with E-state index in [1.54, 1.807) is 0 Å². The second kappa shape index (κ2) is 6.40. The van der Waals surface area contributed by atoms with E-state index >= 15 is 0 Å². The van der Waals surface area contributed by atoms with E-state index in [4.69, 9.17) is 0 Å². The molecule has 84 valence electrons. The first-order valence-electron chi connectivity index (χ1n) is 5.74. The molecule has 1 aliphatic heterocycles. The maximum atomic E-state index is 4.40. The molecule has 1 aromatic rings. The van der Waals surface area contributed by atoms with Crippen LogP contribution in [0, 0.1) is 6.92 Å². The van der Waals surface area contributed by atoms with Crippen molar-refractivity contribution in [2.75, 3.05) is 31.1 Å². The van der Waals surface area contributed by atoms with Gasteiger partial charge in [-0.1, -0.05) is 19.9 Å². The first kappa shape index (κ1) is 12.0. The number of nitrogens with one attached hydrogen (secondary N) is 1. The molecule has 2 rings (SSSR count). The van der Waals surface area contributed by atoms with Gasteiger partial charge in [0.15, 0.2) is 0 Å². The lowest BCUT2D eigenvalue weighted by atomic mass is 10.3. The third-order valence-electron chi connectivity index (χ3n) is 2.34. The Hall–Kier alpha value is -1.09. The molecular formula is C12H21N3. The highest BCUT2D eigenvalue weighted by atomic mass is 15.2. The lowest BCUT2D eigenvalue weighted by Crippen LogP contribution is -2.43. The van der Waals surface area contributed by atoms with Crippen LogP contribution in [-0.4, -0.2) is 31.2 Å². The monoisotopic (exact) mass is 207 g/mol. The molecule has 0 aromatic carbocycles. The van der Waals surface area contributed by atoms with Gasteiger partial charge in [-0.15, -0.1) is 0 Å². The number of rotatable bonds is 1. The van der Waals surface area contributed by atoms with Gasteiger partial charge >= 0.3 is 0 Å². The molecule has 0 spiro atoms. The van der Waals surface area contributed by atoms with Gasteiger partial charge in [-0.25, -0.2) is 4.98 Å². The lowest BCUT2D eigenvalue weighted by molar-refractivity contribution is 0.585. The maximum absolute atomic E-state index is 4.40. The molecule has 0 amide bonds. The number of anilines is 1. The Kier molecular flexibility index (Phi) is 5.12. The molecule has 0 unspecified atom stereocenters. The molecule has 1 fully saturated rings. The fraction of sp³-hybridized carbons (Fsp3) is 0.583. The van der Waals surface area contributed by atoms with Crippen molar-refractivity contribution in [1.29, 1.82) is 0 Å². The van der Waals surface area contributed by atoms with Crippen LogP contribution in [0.25, 0.3) is 0 Å². The number of hydrogen-bond donors (Lipinski definition) is 1. The normalized spacial score (nSPS) is 15.5. The summed E-state index contributed by atoms with van der Waals surface area (Å²) < 4.78 is 0. The number of nitrogens with zero attached hydrogens (tertiary/aromatic N) is 2. The van der Waals surface area contributed by atoms with E-state index in [1.165, 1.54) is 5.56 Å². The van der Waals surface area contributed by atoms with E-state index in [9.17, 15) is 0 Å². The zero-order valence-electron chi connectivity index (χ0n) is 9.95. The summed E-state index contributed by atoms with van der Waals surface area (Å²) in [6, 6.07) is 4.21. The average molecular weight is 207 g/mol. The van der Waals surface area contributed by atoms with Crippen LogP contribution in [-0.2, 0) is 0 Å². The Balaban J connectivity index is 0.000000531. The van der Waals surface area contributed by atoms with E-state index in [-0.39, 0.29) is 0 Å². The molecular weight excluding hydrogens is 186 g/mol. The second-order valence-electron chi connectivity index (χ2n) is 3.43. The predicted molar refractivity (Wildman–Crippen MR) is 65.4 cm³/mol. The minimum Gasteiger partial charge on any atom is -0.354 e. The molecule has 0 saturated carbocycles. The molecule has 0 radical (unpaired) electrons. The fourth-order valence-corrected chi connectivity index (χ4v) is 1.54. The smallest absolute Gasteiger partial charge is 0.128 e. The van der Waals surface area contributed by atoms with Crippen LogP contribution in [0.3, 0.4) is 0 Å². The zero-order valence-corrected chi connectivity index (χ0v) is 9.95. The van der Waals surface area contributed by atoms with Crippen LogP contribution < -0.4 is 10.2 Å². The molecule has 1 aromatic heterocycles. The minimum atomic E-state index is 1.07. The molecule has 1 aliphatic rings. The SMILES string of the molecule is CC.Cc1ccc(N2CCNCC2)nc1. The first-order valence-corrected chi connectivity index (χ1v) is 5.74. The van der Waals surface area contributed by atoms with E-state index in [0.717, 1.165) is 32.0 Å². The van der Waals surface area contributed by atoms with Gasteiger partial charge in [-0.3, -0.25) is 0 Å². The van der Waals surface area contributed by atoms with Crippen molar-refractivity contribution in [1.82, 2.24) is 10.3 Å². The quantitative estimate of drug-likeness (QED) is 0.761. The Morgan fingerprint density at radius 2 is 1.87 bits per heavy atom. The number of pyridine rings is 1. The number of aryl methyl sites for hydroxylation is 1. The van der Waals surface area contributed by atoms with Crippen molar-refractivity contribution in [3.63, 3.8) is 0 Å². The van der Waals surface area contributed by atoms with Gasteiger partial charge in [0.25, 0.3) is 0 Å². The molecule has 3 heteroatoms. The second-order valence-corrected chi connectivity index (χ2v) is 3.43. The summed E-state index contributed by atoms with van der Waals surface area (Å²) in [6.45, 7) is 10.3. The minimum absolute atomic E-state index is 1.07. The van der Waals surface area contributed by atoms with Crippen LogP contribution >= 0.6 is 0 Å². The largest absolute Gasteiger partial charge is 0.354 e. The highest BCUT2D eigenvalue weighted by Gasteiger charge is 2.10. The Labute approximate surface area is 92.5 Å². The van der Waals surface area contributed by atoms with Gasteiger partial charge in [0.1, 0.15) is 5.82 Å². The molecule has 0 aliphatic carbocycles. The summed E-state index contributed by atoms with van der Waals surface area (Å²) >= 11 is 0. The van der Waals surface area contributed by atoms with E-state index in [1.807, 2.05) is 20.0 Å². The standard InChI is InChI=1S/C10H15N3.C2H6/c1-9-2-3-10(12-8-9)13-6-4-11-5-7-13;1-2/h2-3,8,11H,4-7H2,1H3;1-2H3. The summed E-state index contributed by atoms with van der Waals surface area (Å²) in [5, 5.41) is 3.33. The Bertz CT molecular complexity index is 263. The Morgan fingerprint density at radius 3 is 2.40 bits per heavy atom. The van der Waals surface area contributed by atoms with Crippen molar-refractivity contribution in [2.24, 2.45) is 0 Å². The van der Waals surface area contributed by atoms with E-state index in [0.29, 0.717) is 0 Å². The lowest BCUT2D eigenvalue weighted by Gasteiger charge is -2.28. The van der Waals surface area contributed by atoms with Crippen molar-refractivity contribution in [3.8, 4) is 0 Å². The molecule has 0 atom stereocenters. The van der Waals surface area contributed by atoms with Gasteiger partial charge in [-0.2, -0.15) is 0 Å². The van der Waals surface area contributed by atoms with Crippen molar-refractivity contribution in [2.45, 2.75) is 20.8 Å². The van der Waals surface area contributed by atoms with Crippen LogP contribution in [0.5, 0.6) is 0 Å². The molecule has 3 nitrogen and oxygen atoms in total. The first-order chi connectivity index (χ1) is 7.36. The number of aromatic nitrogens is 1.